The lowest BCUT2D eigenvalue weighted by molar-refractivity contribution is -0.123. The summed E-state index contributed by atoms with van der Waals surface area (Å²) in [7, 11) is 0. The number of amides is 1. The maximum atomic E-state index is 12.5. The van der Waals surface area contributed by atoms with Crippen LogP contribution in [0.4, 0.5) is 11.5 Å². The number of hydrogen-bond donors (Lipinski definition) is 1. The Morgan fingerprint density at radius 2 is 1.94 bits per heavy atom. The van der Waals surface area contributed by atoms with Gasteiger partial charge >= 0.3 is 0 Å². The van der Waals surface area contributed by atoms with Crippen LogP contribution in [0.3, 0.4) is 0 Å². The van der Waals surface area contributed by atoms with Gasteiger partial charge in [0, 0.05) is 30.1 Å². The number of fused-ring (bicyclic) bond motifs is 1. The minimum Gasteiger partial charge on any atom is -0.492 e. The van der Waals surface area contributed by atoms with Gasteiger partial charge in [0.15, 0.2) is 0 Å². The van der Waals surface area contributed by atoms with Crippen LogP contribution in [0.1, 0.15) is 71.1 Å². The van der Waals surface area contributed by atoms with E-state index in [9.17, 15) is 4.79 Å². The third-order valence-electron chi connectivity index (χ3n) is 6.78. The Hall–Kier alpha value is -2.63. The number of anilines is 2. The standard InChI is InChI=1S/C27H38N4O2/c1-5-33-24-12-11-21(28-17-24)15-23-14-20-13-22(30-26(32)27(2,3)4)16-29-25(20)31(23)18-19-9-7-6-8-10-19/h11-13,16-17,19,23H,5-10,14-15,18H2,1-4H3,(H,30,32). The highest BCUT2D eigenvalue weighted by Gasteiger charge is 2.33. The van der Waals surface area contributed by atoms with Crippen molar-refractivity contribution >= 4 is 17.4 Å². The predicted octanol–water partition coefficient (Wildman–Crippen LogP) is 5.41. The molecule has 2 aromatic heterocycles. The Morgan fingerprint density at radius 1 is 1.15 bits per heavy atom. The SMILES string of the molecule is CCOc1ccc(CC2Cc3cc(NC(=O)C(C)(C)C)cnc3N2CC2CCCCC2)nc1. The molecule has 6 nitrogen and oxygen atoms in total. The number of carbonyl (C=O) groups excluding carboxylic acids is 1. The molecule has 2 aliphatic rings. The normalized spacial score (nSPS) is 18.8. The first kappa shape index (κ1) is 23.5. The van der Waals surface area contributed by atoms with Crippen molar-refractivity contribution in [2.75, 3.05) is 23.4 Å². The summed E-state index contributed by atoms with van der Waals surface area (Å²) in [6, 6.07) is 6.53. The molecule has 0 saturated heterocycles. The first-order valence-corrected chi connectivity index (χ1v) is 12.5. The van der Waals surface area contributed by atoms with Crippen molar-refractivity contribution in [1.82, 2.24) is 9.97 Å². The Kier molecular flexibility index (Phi) is 7.20. The summed E-state index contributed by atoms with van der Waals surface area (Å²) < 4.78 is 5.55. The van der Waals surface area contributed by atoms with E-state index in [1.165, 1.54) is 37.7 Å². The number of hydrogen-bond acceptors (Lipinski definition) is 5. The Balaban J connectivity index is 1.54. The third-order valence-corrected chi connectivity index (χ3v) is 6.78. The van der Waals surface area contributed by atoms with Crippen LogP contribution in [0.5, 0.6) is 5.75 Å². The highest BCUT2D eigenvalue weighted by molar-refractivity contribution is 5.94. The first-order chi connectivity index (χ1) is 15.8. The molecule has 1 amide bonds. The van der Waals surface area contributed by atoms with Gasteiger partial charge in [0.1, 0.15) is 11.6 Å². The van der Waals surface area contributed by atoms with Gasteiger partial charge in [0.2, 0.25) is 5.91 Å². The fourth-order valence-electron chi connectivity index (χ4n) is 4.93. The highest BCUT2D eigenvalue weighted by atomic mass is 16.5. The smallest absolute Gasteiger partial charge is 0.229 e. The second-order valence-corrected chi connectivity index (χ2v) is 10.5. The zero-order chi connectivity index (χ0) is 23.4. The molecule has 1 fully saturated rings. The van der Waals surface area contributed by atoms with E-state index < -0.39 is 5.41 Å². The lowest BCUT2D eigenvalue weighted by Gasteiger charge is -2.32. The molecule has 6 heteroatoms. The maximum absolute atomic E-state index is 12.5. The van der Waals surface area contributed by atoms with Gasteiger partial charge in [-0.25, -0.2) is 4.98 Å². The fraction of sp³-hybridized carbons (Fsp3) is 0.593. The molecule has 1 saturated carbocycles. The number of nitrogens with zero attached hydrogens (tertiary/aromatic N) is 3. The van der Waals surface area contributed by atoms with E-state index in [4.69, 9.17) is 9.72 Å². The van der Waals surface area contributed by atoms with E-state index in [1.54, 1.807) is 0 Å². The fourth-order valence-corrected chi connectivity index (χ4v) is 4.93. The van der Waals surface area contributed by atoms with E-state index >= 15 is 0 Å². The van der Waals surface area contributed by atoms with Gasteiger partial charge in [-0.15, -0.1) is 0 Å². The predicted molar refractivity (Wildman–Crippen MR) is 133 cm³/mol. The number of ether oxygens (including phenoxy) is 1. The van der Waals surface area contributed by atoms with Gasteiger partial charge in [-0.1, -0.05) is 40.0 Å². The van der Waals surface area contributed by atoms with E-state index in [1.807, 2.05) is 46.2 Å². The minimum absolute atomic E-state index is 0.0106. The van der Waals surface area contributed by atoms with Gasteiger partial charge in [-0.2, -0.15) is 0 Å². The average molecular weight is 451 g/mol. The van der Waals surface area contributed by atoms with Crippen molar-refractivity contribution in [1.29, 1.82) is 0 Å². The third kappa shape index (κ3) is 5.84. The topological polar surface area (TPSA) is 67.3 Å². The zero-order valence-corrected chi connectivity index (χ0v) is 20.6. The molecule has 1 aliphatic heterocycles. The van der Waals surface area contributed by atoms with Crippen LogP contribution in [0.15, 0.2) is 30.6 Å². The molecule has 1 N–H and O–H groups in total. The molecular weight excluding hydrogens is 412 g/mol. The van der Waals surface area contributed by atoms with Gasteiger partial charge in [0.25, 0.3) is 0 Å². The molecule has 33 heavy (non-hydrogen) atoms. The Labute approximate surface area is 198 Å². The zero-order valence-electron chi connectivity index (χ0n) is 20.6. The van der Waals surface area contributed by atoms with Gasteiger partial charge in [-0.05, 0) is 55.9 Å². The second kappa shape index (κ2) is 10.1. The number of pyridine rings is 2. The van der Waals surface area contributed by atoms with Gasteiger partial charge in [-0.3, -0.25) is 9.78 Å². The lowest BCUT2D eigenvalue weighted by atomic mass is 9.88. The van der Waals surface area contributed by atoms with Crippen LogP contribution in [-0.2, 0) is 17.6 Å². The van der Waals surface area contributed by atoms with Crippen molar-refractivity contribution < 1.29 is 9.53 Å². The summed E-state index contributed by atoms with van der Waals surface area (Å²) in [5, 5.41) is 3.04. The minimum atomic E-state index is -0.437. The van der Waals surface area contributed by atoms with Crippen molar-refractivity contribution in [3.05, 3.63) is 41.9 Å². The van der Waals surface area contributed by atoms with Crippen LogP contribution in [-0.4, -0.2) is 35.1 Å². The van der Waals surface area contributed by atoms with Gasteiger partial charge < -0.3 is 15.0 Å². The number of rotatable bonds is 7. The number of nitrogens with one attached hydrogen (secondary N) is 1. The molecule has 2 aromatic rings. The summed E-state index contributed by atoms with van der Waals surface area (Å²) in [5.41, 5.74) is 2.64. The molecule has 4 rings (SSSR count). The van der Waals surface area contributed by atoms with Crippen molar-refractivity contribution in [3.8, 4) is 5.75 Å². The molecule has 0 radical (unpaired) electrons. The molecule has 178 valence electrons. The second-order valence-electron chi connectivity index (χ2n) is 10.5. The van der Waals surface area contributed by atoms with Crippen molar-refractivity contribution in [2.24, 2.45) is 11.3 Å². The Bertz CT molecular complexity index is 946. The number of carbonyl (C=O) groups is 1. The largest absolute Gasteiger partial charge is 0.492 e. The molecule has 1 unspecified atom stereocenters. The van der Waals surface area contributed by atoms with Gasteiger partial charge in [0.05, 0.1) is 24.7 Å². The maximum Gasteiger partial charge on any atom is 0.229 e. The molecular formula is C27H38N4O2. The first-order valence-electron chi connectivity index (χ1n) is 12.5. The average Bonchev–Trinajstić information content (AvgIpc) is 3.11. The monoisotopic (exact) mass is 450 g/mol. The molecule has 0 spiro atoms. The molecule has 3 heterocycles. The van der Waals surface area contributed by atoms with E-state index in [-0.39, 0.29) is 5.91 Å². The summed E-state index contributed by atoms with van der Waals surface area (Å²) in [4.78, 5) is 24.5. The van der Waals surface area contributed by atoms with Crippen molar-refractivity contribution in [2.45, 2.75) is 78.7 Å². The van der Waals surface area contributed by atoms with E-state index in [2.05, 4.69) is 27.3 Å². The summed E-state index contributed by atoms with van der Waals surface area (Å²) >= 11 is 0. The van der Waals surface area contributed by atoms with E-state index in [0.29, 0.717) is 12.6 Å². The van der Waals surface area contributed by atoms with Crippen LogP contribution < -0.4 is 15.0 Å². The molecule has 0 aromatic carbocycles. The Morgan fingerprint density at radius 3 is 2.61 bits per heavy atom. The van der Waals surface area contributed by atoms with Crippen LogP contribution in [0.25, 0.3) is 0 Å². The molecule has 0 bridgehead atoms. The lowest BCUT2D eigenvalue weighted by Crippen LogP contribution is -2.38. The summed E-state index contributed by atoms with van der Waals surface area (Å²) in [6.07, 6.45) is 12.1. The highest BCUT2D eigenvalue weighted by Crippen LogP contribution is 2.36. The molecule has 1 aliphatic carbocycles. The summed E-state index contributed by atoms with van der Waals surface area (Å²) in [5.74, 6) is 2.63. The van der Waals surface area contributed by atoms with Crippen molar-refractivity contribution in [3.63, 3.8) is 0 Å². The number of aromatic nitrogens is 2. The molecule has 1 atom stereocenters. The summed E-state index contributed by atoms with van der Waals surface area (Å²) in [6.45, 7) is 9.46. The van der Waals surface area contributed by atoms with Crippen LogP contribution >= 0.6 is 0 Å². The van der Waals surface area contributed by atoms with E-state index in [0.717, 1.165) is 48.3 Å². The quantitative estimate of drug-likeness (QED) is 0.611. The van der Waals surface area contributed by atoms with Crippen LogP contribution in [0.2, 0.25) is 0 Å². The van der Waals surface area contributed by atoms with Crippen LogP contribution in [0, 0.1) is 11.3 Å².